The van der Waals surface area contributed by atoms with Crippen LogP contribution in [-0.4, -0.2) is 52.0 Å². The number of piperidine rings is 1. The van der Waals surface area contributed by atoms with Gasteiger partial charge in [-0.25, -0.2) is 0 Å². The van der Waals surface area contributed by atoms with Crippen LogP contribution in [0.4, 0.5) is 5.69 Å². The molecule has 0 bridgehead atoms. The van der Waals surface area contributed by atoms with Crippen molar-refractivity contribution in [2.45, 2.75) is 39.5 Å². The Morgan fingerprint density at radius 2 is 1.70 bits per heavy atom. The first-order valence-corrected chi connectivity index (χ1v) is 12.0. The Morgan fingerprint density at radius 3 is 2.42 bits per heavy atom. The number of ether oxygens (including phenoxy) is 2. The van der Waals surface area contributed by atoms with Crippen molar-refractivity contribution in [3.63, 3.8) is 0 Å². The van der Waals surface area contributed by atoms with E-state index in [1.807, 2.05) is 13.0 Å². The van der Waals surface area contributed by atoms with Crippen molar-refractivity contribution >= 4 is 27.9 Å². The maximum absolute atomic E-state index is 12.6. The standard InChI is InChI=1S/C27H35N3O3/c1-3-14-32-16-17-33-15-11-29-27(31)26(20-28)21(2)22-7-8-24-19-25(10-9-23(24)18-22)30-12-5-4-6-13-30/h7-10,18-19H,3-6,11-17H2,1-2H3,(H,29,31)/b26-21+. The van der Waals surface area contributed by atoms with Crippen molar-refractivity contribution in [3.8, 4) is 6.07 Å². The van der Waals surface area contributed by atoms with Gasteiger partial charge in [0.25, 0.3) is 5.91 Å². The number of hydrogen-bond donors (Lipinski definition) is 1. The molecule has 0 radical (unpaired) electrons. The first kappa shape index (κ1) is 24.8. The molecule has 0 aromatic heterocycles. The van der Waals surface area contributed by atoms with Gasteiger partial charge in [-0.05, 0) is 72.7 Å². The summed E-state index contributed by atoms with van der Waals surface area (Å²) in [7, 11) is 0. The molecular weight excluding hydrogens is 414 g/mol. The predicted molar refractivity (Wildman–Crippen MR) is 133 cm³/mol. The zero-order chi connectivity index (χ0) is 23.5. The Balaban J connectivity index is 1.62. The van der Waals surface area contributed by atoms with Gasteiger partial charge in [0.15, 0.2) is 0 Å². The van der Waals surface area contributed by atoms with Gasteiger partial charge in [0, 0.05) is 31.9 Å². The van der Waals surface area contributed by atoms with Gasteiger partial charge in [0.1, 0.15) is 11.6 Å². The molecule has 1 aliphatic rings. The molecular formula is C27H35N3O3. The number of carbonyl (C=O) groups excluding carboxylic acids is 1. The molecule has 6 heteroatoms. The third-order valence-electron chi connectivity index (χ3n) is 5.94. The molecule has 2 aromatic rings. The molecule has 176 valence electrons. The van der Waals surface area contributed by atoms with E-state index in [1.54, 1.807) is 0 Å². The maximum Gasteiger partial charge on any atom is 0.262 e. The van der Waals surface area contributed by atoms with Crippen molar-refractivity contribution in [1.82, 2.24) is 5.32 Å². The van der Waals surface area contributed by atoms with Crippen LogP contribution in [0.15, 0.2) is 42.0 Å². The lowest BCUT2D eigenvalue weighted by Crippen LogP contribution is -2.29. The van der Waals surface area contributed by atoms with Gasteiger partial charge < -0.3 is 19.7 Å². The highest BCUT2D eigenvalue weighted by molar-refractivity contribution is 6.05. The van der Waals surface area contributed by atoms with E-state index in [0.29, 0.717) is 31.9 Å². The zero-order valence-electron chi connectivity index (χ0n) is 19.9. The molecule has 3 rings (SSSR count). The van der Waals surface area contributed by atoms with Gasteiger partial charge in [-0.15, -0.1) is 0 Å². The summed E-state index contributed by atoms with van der Waals surface area (Å²) in [5.41, 5.74) is 2.94. The molecule has 0 unspecified atom stereocenters. The van der Waals surface area contributed by atoms with E-state index in [9.17, 15) is 10.1 Å². The highest BCUT2D eigenvalue weighted by Gasteiger charge is 2.15. The maximum atomic E-state index is 12.6. The molecule has 2 aromatic carbocycles. The lowest BCUT2D eigenvalue weighted by atomic mass is 9.98. The van der Waals surface area contributed by atoms with Gasteiger partial charge in [0.2, 0.25) is 0 Å². The number of allylic oxidation sites excluding steroid dienone is 1. The molecule has 1 fully saturated rings. The lowest BCUT2D eigenvalue weighted by molar-refractivity contribution is -0.117. The minimum Gasteiger partial charge on any atom is -0.379 e. The summed E-state index contributed by atoms with van der Waals surface area (Å²) in [5.74, 6) is -0.374. The van der Waals surface area contributed by atoms with Crippen LogP contribution in [0, 0.1) is 11.3 Å². The van der Waals surface area contributed by atoms with E-state index in [-0.39, 0.29) is 11.5 Å². The van der Waals surface area contributed by atoms with Gasteiger partial charge in [-0.2, -0.15) is 5.26 Å². The fourth-order valence-electron chi connectivity index (χ4n) is 4.06. The largest absolute Gasteiger partial charge is 0.379 e. The minimum atomic E-state index is -0.374. The van der Waals surface area contributed by atoms with Crippen LogP contribution in [-0.2, 0) is 14.3 Å². The minimum absolute atomic E-state index is 0.130. The van der Waals surface area contributed by atoms with Crippen LogP contribution in [0.2, 0.25) is 0 Å². The summed E-state index contributed by atoms with van der Waals surface area (Å²) in [6.45, 7) is 8.61. The molecule has 0 atom stereocenters. The fourth-order valence-corrected chi connectivity index (χ4v) is 4.06. The summed E-state index contributed by atoms with van der Waals surface area (Å²) in [5, 5.41) is 14.7. The number of fused-ring (bicyclic) bond motifs is 1. The van der Waals surface area contributed by atoms with E-state index in [4.69, 9.17) is 9.47 Å². The number of nitriles is 1. The molecule has 1 heterocycles. The second kappa shape index (κ2) is 13.0. The smallest absolute Gasteiger partial charge is 0.262 e. The molecule has 1 amide bonds. The number of nitrogens with zero attached hydrogens (tertiary/aromatic N) is 2. The van der Waals surface area contributed by atoms with Gasteiger partial charge in [-0.3, -0.25) is 4.79 Å². The first-order valence-electron chi connectivity index (χ1n) is 12.0. The molecule has 1 N–H and O–H groups in total. The first-order chi connectivity index (χ1) is 16.1. The Labute approximate surface area is 197 Å². The summed E-state index contributed by atoms with van der Waals surface area (Å²) in [4.78, 5) is 15.0. The van der Waals surface area contributed by atoms with Crippen molar-refractivity contribution in [1.29, 1.82) is 5.26 Å². The molecule has 0 aliphatic carbocycles. The zero-order valence-corrected chi connectivity index (χ0v) is 19.9. The molecule has 0 saturated carbocycles. The third-order valence-corrected chi connectivity index (χ3v) is 5.94. The topological polar surface area (TPSA) is 74.6 Å². The van der Waals surface area contributed by atoms with E-state index in [0.717, 1.165) is 42.5 Å². The Hall–Kier alpha value is -2.88. The van der Waals surface area contributed by atoms with Crippen LogP contribution in [0.1, 0.15) is 45.1 Å². The van der Waals surface area contributed by atoms with Crippen LogP contribution in [0.5, 0.6) is 0 Å². The molecule has 33 heavy (non-hydrogen) atoms. The molecule has 1 saturated heterocycles. The summed E-state index contributed by atoms with van der Waals surface area (Å²) < 4.78 is 10.8. The number of carbonyl (C=O) groups is 1. The number of nitrogens with one attached hydrogen (secondary N) is 1. The van der Waals surface area contributed by atoms with Gasteiger partial charge in [-0.1, -0.05) is 25.1 Å². The molecule has 6 nitrogen and oxygen atoms in total. The number of hydrogen-bond acceptors (Lipinski definition) is 5. The average molecular weight is 450 g/mol. The third kappa shape index (κ3) is 7.05. The van der Waals surface area contributed by atoms with E-state index in [1.165, 1.54) is 24.9 Å². The van der Waals surface area contributed by atoms with E-state index < -0.39 is 0 Å². The highest BCUT2D eigenvalue weighted by Crippen LogP contribution is 2.28. The Bertz CT molecular complexity index is 1000. The monoisotopic (exact) mass is 449 g/mol. The van der Waals surface area contributed by atoms with Crippen molar-refractivity contribution in [3.05, 3.63) is 47.5 Å². The van der Waals surface area contributed by atoms with Crippen LogP contribution < -0.4 is 10.2 Å². The number of anilines is 1. The van der Waals surface area contributed by atoms with Gasteiger partial charge >= 0.3 is 0 Å². The fraction of sp³-hybridized carbons (Fsp3) is 0.481. The molecule has 1 aliphatic heterocycles. The second-order valence-corrected chi connectivity index (χ2v) is 8.39. The van der Waals surface area contributed by atoms with E-state index in [2.05, 4.69) is 53.5 Å². The Morgan fingerprint density at radius 1 is 1.00 bits per heavy atom. The Kier molecular flexibility index (Phi) is 9.74. The van der Waals surface area contributed by atoms with Gasteiger partial charge in [0.05, 0.1) is 19.8 Å². The molecule has 0 spiro atoms. The summed E-state index contributed by atoms with van der Waals surface area (Å²) in [6.07, 6.45) is 4.79. The summed E-state index contributed by atoms with van der Waals surface area (Å²) in [6, 6.07) is 14.7. The quantitative estimate of drug-likeness (QED) is 0.306. The SMILES string of the molecule is CCCOCCOCCNC(=O)/C(C#N)=C(\C)c1ccc2cc(N3CCCCC3)ccc2c1. The average Bonchev–Trinajstić information content (AvgIpc) is 2.86. The van der Waals surface area contributed by atoms with Crippen molar-refractivity contribution < 1.29 is 14.3 Å². The van der Waals surface area contributed by atoms with Crippen molar-refractivity contribution in [2.24, 2.45) is 0 Å². The van der Waals surface area contributed by atoms with E-state index >= 15 is 0 Å². The second-order valence-electron chi connectivity index (χ2n) is 8.39. The summed E-state index contributed by atoms with van der Waals surface area (Å²) >= 11 is 0. The lowest BCUT2D eigenvalue weighted by Gasteiger charge is -2.29. The number of amides is 1. The van der Waals surface area contributed by atoms with Crippen LogP contribution in [0.25, 0.3) is 16.3 Å². The number of benzene rings is 2. The normalized spacial score (nSPS) is 14.6. The highest BCUT2D eigenvalue weighted by atomic mass is 16.5. The number of rotatable bonds is 11. The van der Waals surface area contributed by atoms with Crippen LogP contribution >= 0.6 is 0 Å². The van der Waals surface area contributed by atoms with Crippen LogP contribution in [0.3, 0.4) is 0 Å². The van der Waals surface area contributed by atoms with Crippen molar-refractivity contribution in [2.75, 3.05) is 51.0 Å². The predicted octanol–water partition coefficient (Wildman–Crippen LogP) is 4.69.